The number of amides is 3. The number of hydrogen-bond donors (Lipinski definition) is 0. The number of carbonyl (C=O) groups excluding carboxylic acids is 3. The van der Waals surface area contributed by atoms with Gasteiger partial charge < -0.3 is 14.2 Å². The van der Waals surface area contributed by atoms with E-state index < -0.39 is 11.1 Å². The summed E-state index contributed by atoms with van der Waals surface area (Å²) in [4.78, 5) is 40.9. The molecule has 0 aliphatic carbocycles. The number of rotatable bonds is 5. The molecule has 3 amide bonds. The smallest absolute Gasteiger partial charge is 0.294 e. The maximum absolute atomic E-state index is 12.9. The fraction of sp³-hybridized carbons (Fsp3) is 0.409. The van der Waals surface area contributed by atoms with E-state index in [1.54, 1.807) is 11.0 Å². The molecule has 2 aromatic rings. The average Bonchev–Trinajstić information content (AvgIpc) is 3.26. The number of benzene rings is 1. The summed E-state index contributed by atoms with van der Waals surface area (Å²) >= 11 is 0.891. The summed E-state index contributed by atoms with van der Waals surface area (Å²) < 4.78 is 7.45. The Balaban J connectivity index is 1.58. The van der Waals surface area contributed by atoms with Crippen LogP contribution in [-0.4, -0.2) is 64.3 Å². The van der Waals surface area contributed by atoms with Crippen LogP contribution in [0, 0.1) is 0 Å². The van der Waals surface area contributed by atoms with Crippen LogP contribution < -0.4 is 0 Å². The fourth-order valence-corrected chi connectivity index (χ4v) is 4.56. The molecular formula is C22H25N3O4S. The standard InChI is InChI=1S/C22H25N3O4S/c1-3-15(2)24-13-16(17-6-4-5-7-18(17)24)12-19-21(27)25(22(28)30-19)14-20(26)23-8-10-29-11-9-23/h4-7,12-13,15H,3,8-11,14H2,1-2H3/b19-12+/t15-/m1/s1. The van der Waals surface area contributed by atoms with Gasteiger partial charge in [0.15, 0.2) is 0 Å². The Kier molecular flexibility index (Phi) is 5.97. The highest BCUT2D eigenvalue weighted by atomic mass is 32.2. The zero-order valence-corrected chi connectivity index (χ0v) is 18.0. The van der Waals surface area contributed by atoms with Crippen LogP contribution in [0.2, 0.25) is 0 Å². The van der Waals surface area contributed by atoms with Crippen molar-refractivity contribution in [1.29, 1.82) is 0 Å². The van der Waals surface area contributed by atoms with Crippen molar-refractivity contribution in [3.8, 4) is 0 Å². The zero-order valence-electron chi connectivity index (χ0n) is 17.2. The minimum absolute atomic E-state index is 0.226. The first-order chi connectivity index (χ1) is 14.5. The quantitative estimate of drug-likeness (QED) is 0.683. The third kappa shape index (κ3) is 3.89. The lowest BCUT2D eigenvalue weighted by Gasteiger charge is -2.28. The monoisotopic (exact) mass is 427 g/mol. The molecule has 0 N–H and O–H groups in total. The molecule has 1 atom stereocenters. The van der Waals surface area contributed by atoms with E-state index in [2.05, 4.69) is 24.5 Å². The minimum Gasteiger partial charge on any atom is -0.378 e. The first-order valence-electron chi connectivity index (χ1n) is 10.2. The number of hydrogen-bond acceptors (Lipinski definition) is 5. The highest BCUT2D eigenvalue weighted by Crippen LogP contribution is 2.35. The predicted molar refractivity (Wildman–Crippen MR) is 117 cm³/mol. The average molecular weight is 428 g/mol. The number of nitrogens with zero attached hydrogens (tertiary/aromatic N) is 3. The Hall–Kier alpha value is -2.58. The van der Waals surface area contributed by atoms with Crippen molar-refractivity contribution in [1.82, 2.24) is 14.4 Å². The first kappa shape index (κ1) is 20.7. The summed E-state index contributed by atoms with van der Waals surface area (Å²) in [5, 5.41) is 0.632. The van der Waals surface area contributed by atoms with Crippen LogP contribution >= 0.6 is 11.8 Å². The second-order valence-electron chi connectivity index (χ2n) is 7.53. The predicted octanol–water partition coefficient (Wildman–Crippen LogP) is 3.51. The van der Waals surface area contributed by atoms with Gasteiger partial charge in [-0.15, -0.1) is 0 Å². The fourth-order valence-electron chi connectivity index (χ4n) is 3.73. The molecule has 30 heavy (non-hydrogen) atoms. The van der Waals surface area contributed by atoms with E-state index in [9.17, 15) is 14.4 Å². The second-order valence-corrected chi connectivity index (χ2v) is 8.52. The van der Waals surface area contributed by atoms with E-state index >= 15 is 0 Å². The maximum atomic E-state index is 12.9. The lowest BCUT2D eigenvalue weighted by atomic mass is 10.1. The van der Waals surface area contributed by atoms with Crippen molar-refractivity contribution in [2.75, 3.05) is 32.8 Å². The number of fused-ring (bicyclic) bond motifs is 1. The lowest BCUT2D eigenvalue weighted by Crippen LogP contribution is -2.46. The van der Waals surface area contributed by atoms with Gasteiger partial charge >= 0.3 is 0 Å². The minimum atomic E-state index is -0.410. The summed E-state index contributed by atoms with van der Waals surface area (Å²) in [5.74, 6) is -0.637. The van der Waals surface area contributed by atoms with Gasteiger partial charge in [0.1, 0.15) is 6.54 Å². The van der Waals surface area contributed by atoms with Crippen LogP contribution in [0.5, 0.6) is 0 Å². The van der Waals surface area contributed by atoms with Crippen LogP contribution in [-0.2, 0) is 14.3 Å². The van der Waals surface area contributed by atoms with Crippen molar-refractivity contribution in [3.05, 3.63) is 40.9 Å². The number of para-hydroxylation sites is 1. The molecule has 1 aromatic carbocycles. The van der Waals surface area contributed by atoms with Crippen molar-refractivity contribution in [2.24, 2.45) is 0 Å². The number of imide groups is 1. The summed E-state index contributed by atoms with van der Waals surface area (Å²) in [6.45, 7) is 6.00. The van der Waals surface area contributed by atoms with Crippen molar-refractivity contribution >= 4 is 45.8 Å². The van der Waals surface area contributed by atoms with E-state index in [4.69, 9.17) is 4.74 Å². The molecule has 2 aliphatic rings. The molecule has 2 saturated heterocycles. The van der Waals surface area contributed by atoms with Gasteiger partial charge in [-0.1, -0.05) is 25.1 Å². The lowest BCUT2D eigenvalue weighted by molar-refractivity contribution is -0.139. The first-order valence-corrected chi connectivity index (χ1v) is 11.0. The molecule has 8 heteroatoms. The molecule has 3 heterocycles. The van der Waals surface area contributed by atoms with E-state index in [1.165, 1.54) is 0 Å². The summed E-state index contributed by atoms with van der Waals surface area (Å²) in [7, 11) is 0. The van der Waals surface area contributed by atoms with Gasteiger partial charge in [-0.3, -0.25) is 19.3 Å². The topological polar surface area (TPSA) is 71.8 Å². The third-order valence-electron chi connectivity index (χ3n) is 5.65. The van der Waals surface area contributed by atoms with Gasteiger partial charge in [0.25, 0.3) is 11.1 Å². The Morgan fingerprint density at radius 1 is 1.23 bits per heavy atom. The van der Waals surface area contributed by atoms with Crippen molar-refractivity contribution in [2.45, 2.75) is 26.3 Å². The molecule has 2 aliphatic heterocycles. The molecule has 0 spiro atoms. The van der Waals surface area contributed by atoms with E-state index in [0.29, 0.717) is 37.3 Å². The van der Waals surface area contributed by atoms with Gasteiger partial charge in [0.2, 0.25) is 5.91 Å². The molecule has 4 rings (SSSR count). The molecule has 0 saturated carbocycles. The number of carbonyl (C=O) groups is 3. The Bertz CT molecular complexity index is 1020. The SMILES string of the molecule is CC[C@@H](C)n1cc(/C=C2/SC(=O)N(CC(=O)N3CCOCC3)C2=O)c2ccccc21. The highest BCUT2D eigenvalue weighted by molar-refractivity contribution is 8.18. The number of thioether (sulfide) groups is 1. The number of aromatic nitrogens is 1. The summed E-state index contributed by atoms with van der Waals surface area (Å²) in [6.07, 6.45) is 4.79. The highest BCUT2D eigenvalue weighted by Gasteiger charge is 2.37. The van der Waals surface area contributed by atoms with E-state index in [-0.39, 0.29) is 12.5 Å². The van der Waals surface area contributed by atoms with Crippen LogP contribution in [0.4, 0.5) is 4.79 Å². The molecule has 2 fully saturated rings. The van der Waals surface area contributed by atoms with Crippen molar-refractivity contribution < 1.29 is 19.1 Å². The van der Waals surface area contributed by atoms with Crippen LogP contribution in [0.1, 0.15) is 31.9 Å². The molecule has 7 nitrogen and oxygen atoms in total. The zero-order chi connectivity index (χ0) is 21.3. The van der Waals surface area contributed by atoms with E-state index in [0.717, 1.165) is 39.5 Å². The van der Waals surface area contributed by atoms with Crippen LogP contribution in [0.3, 0.4) is 0 Å². The molecule has 0 radical (unpaired) electrons. The number of morpholine rings is 1. The van der Waals surface area contributed by atoms with Crippen LogP contribution in [0.25, 0.3) is 17.0 Å². The summed E-state index contributed by atoms with van der Waals surface area (Å²) in [6, 6.07) is 8.36. The second kappa shape index (κ2) is 8.65. The number of ether oxygens (including phenoxy) is 1. The van der Waals surface area contributed by atoms with Gasteiger partial charge in [0, 0.05) is 41.8 Å². The Morgan fingerprint density at radius 2 is 1.97 bits per heavy atom. The Morgan fingerprint density at radius 3 is 2.70 bits per heavy atom. The normalized spacial score (nSPS) is 19.9. The van der Waals surface area contributed by atoms with Crippen molar-refractivity contribution in [3.63, 3.8) is 0 Å². The van der Waals surface area contributed by atoms with Crippen LogP contribution in [0.15, 0.2) is 35.4 Å². The van der Waals surface area contributed by atoms with Gasteiger partial charge in [-0.25, -0.2) is 0 Å². The van der Waals surface area contributed by atoms with Gasteiger partial charge in [-0.05, 0) is 37.2 Å². The molecule has 158 valence electrons. The molecule has 0 unspecified atom stereocenters. The largest absolute Gasteiger partial charge is 0.378 e. The third-order valence-corrected chi connectivity index (χ3v) is 6.56. The Labute approximate surface area is 179 Å². The van der Waals surface area contributed by atoms with Gasteiger partial charge in [0.05, 0.1) is 18.1 Å². The van der Waals surface area contributed by atoms with E-state index in [1.807, 2.05) is 24.4 Å². The van der Waals surface area contributed by atoms with Gasteiger partial charge in [-0.2, -0.15) is 0 Å². The summed E-state index contributed by atoms with van der Waals surface area (Å²) in [5.41, 5.74) is 2.00. The molecule has 1 aromatic heterocycles. The molecular weight excluding hydrogens is 402 g/mol. The maximum Gasteiger partial charge on any atom is 0.294 e. The molecule has 0 bridgehead atoms.